The van der Waals surface area contributed by atoms with E-state index in [1.54, 1.807) is 13.8 Å². The molecule has 0 aliphatic carbocycles. The second kappa shape index (κ2) is 15.5. The van der Waals surface area contributed by atoms with Crippen molar-refractivity contribution in [2.75, 3.05) is 18.9 Å². The first kappa shape index (κ1) is 36.1. The minimum atomic E-state index is -4.56. The zero-order valence-corrected chi connectivity index (χ0v) is 27.9. The van der Waals surface area contributed by atoms with Gasteiger partial charge in [0.15, 0.2) is 5.82 Å². The number of benzene rings is 2. The highest BCUT2D eigenvalue weighted by molar-refractivity contribution is 7.52. The van der Waals surface area contributed by atoms with Gasteiger partial charge in [-0.1, -0.05) is 31.5 Å². The Morgan fingerprint density at radius 1 is 1.04 bits per heavy atom. The Balaban J connectivity index is 1.66. The van der Waals surface area contributed by atoms with Crippen molar-refractivity contribution in [3.05, 3.63) is 59.9 Å². The van der Waals surface area contributed by atoms with Crippen molar-refractivity contribution >= 4 is 41.5 Å². The number of hydrogen-bond acceptors (Lipinski definition) is 9. The molecule has 47 heavy (non-hydrogen) atoms. The molecule has 0 aliphatic heterocycles. The molecule has 256 valence electrons. The predicted octanol–water partition coefficient (Wildman–Crippen LogP) is 7.59. The molecule has 2 aromatic heterocycles. The van der Waals surface area contributed by atoms with Crippen molar-refractivity contribution in [1.29, 1.82) is 0 Å². The number of rotatable bonds is 16. The van der Waals surface area contributed by atoms with Crippen LogP contribution >= 0.6 is 7.75 Å². The quantitative estimate of drug-likeness (QED) is 0.0899. The molecule has 0 saturated carbocycles. The lowest BCUT2D eigenvalue weighted by Crippen LogP contribution is -2.36. The molecule has 11 nitrogen and oxygen atoms in total. The predicted molar refractivity (Wildman–Crippen MR) is 173 cm³/mol. The molecule has 3 N–H and O–H groups in total. The van der Waals surface area contributed by atoms with Crippen molar-refractivity contribution in [2.45, 2.75) is 84.9 Å². The lowest BCUT2D eigenvalue weighted by Gasteiger charge is -2.26. The highest BCUT2D eigenvalue weighted by Crippen LogP contribution is 2.46. The van der Waals surface area contributed by atoms with Crippen LogP contribution in [0.3, 0.4) is 0 Å². The smallest absolute Gasteiger partial charge is 0.459 e. The zero-order valence-electron chi connectivity index (χ0n) is 27.0. The number of fused-ring (bicyclic) bond motifs is 3. The van der Waals surface area contributed by atoms with Gasteiger partial charge in [0, 0.05) is 18.0 Å². The molecular weight excluding hydrogens is 638 g/mol. The number of halogens is 3. The van der Waals surface area contributed by atoms with Gasteiger partial charge < -0.3 is 24.3 Å². The Bertz CT molecular complexity index is 1710. The van der Waals surface area contributed by atoms with Crippen LogP contribution in [-0.4, -0.2) is 45.9 Å². The van der Waals surface area contributed by atoms with Crippen molar-refractivity contribution in [2.24, 2.45) is 0 Å². The lowest BCUT2D eigenvalue weighted by atomic mass is 10.1. The molecule has 4 rings (SSSR count). The molecule has 15 heteroatoms. The Morgan fingerprint density at radius 3 is 2.38 bits per heavy atom. The fraction of sp³-hybridized carbons (Fsp3) is 0.469. The first-order valence-corrected chi connectivity index (χ1v) is 17.0. The summed E-state index contributed by atoms with van der Waals surface area (Å²) in [4.78, 5) is 21.9. The SMILES string of the molecule is CCC[C@H](CCO[P@@](=O)(N[C@@H](C)C(=O)OC(C)C)Oc1ccc(C(F)(F)F)cc1)n1c(COCC)nc2c(N)nc3ccccc3c21. The normalized spacial score (nSPS) is 14.7. The largest absolute Gasteiger partial charge is 0.462 e. The van der Waals surface area contributed by atoms with Gasteiger partial charge in [-0.3, -0.25) is 9.32 Å². The second-order valence-electron chi connectivity index (χ2n) is 11.3. The third kappa shape index (κ3) is 9.01. The maximum absolute atomic E-state index is 14.1. The summed E-state index contributed by atoms with van der Waals surface area (Å²) in [5.41, 5.74) is 7.48. The van der Waals surface area contributed by atoms with Gasteiger partial charge >= 0.3 is 19.9 Å². The Morgan fingerprint density at radius 2 is 1.74 bits per heavy atom. The summed E-state index contributed by atoms with van der Waals surface area (Å²) >= 11 is 0. The van der Waals surface area contributed by atoms with Gasteiger partial charge in [-0.15, -0.1) is 0 Å². The highest BCUT2D eigenvalue weighted by Gasteiger charge is 2.34. The van der Waals surface area contributed by atoms with E-state index in [1.807, 2.05) is 38.1 Å². The minimum Gasteiger partial charge on any atom is -0.462 e. The number of alkyl halides is 3. The van der Waals surface area contributed by atoms with E-state index in [0.29, 0.717) is 36.3 Å². The molecule has 0 amide bonds. The van der Waals surface area contributed by atoms with Gasteiger partial charge in [-0.25, -0.2) is 14.5 Å². The molecular formula is C32H41F3N5O6P. The monoisotopic (exact) mass is 679 g/mol. The standard InChI is InChI=1S/C32H41F3N5O6P/c1-6-10-23(40-27(19-43-7-2)38-28-29(40)25-11-8-9-12-26(25)37-30(28)36)17-18-44-47(42,39-21(5)31(41)45-20(3)4)46-24-15-13-22(14-16-24)32(33,34)35/h8-9,11-16,20-21,23H,6-7,10,17-19H2,1-5H3,(H2,36,37)(H,39,42)/t21-,23+,47-/m0/s1. The van der Waals surface area contributed by atoms with Gasteiger partial charge in [-0.2, -0.15) is 18.3 Å². The molecule has 0 aliphatic rings. The van der Waals surface area contributed by atoms with Crippen LogP contribution in [0.4, 0.5) is 19.0 Å². The van der Waals surface area contributed by atoms with E-state index in [9.17, 15) is 22.5 Å². The number of nitrogen functional groups attached to an aromatic ring is 1. The number of ether oxygens (including phenoxy) is 2. The van der Waals surface area contributed by atoms with E-state index in [1.165, 1.54) is 6.92 Å². The zero-order chi connectivity index (χ0) is 34.4. The van der Waals surface area contributed by atoms with Crippen LogP contribution in [0.2, 0.25) is 0 Å². The summed E-state index contributed by atoms with van der Waals surface area (Å²) in [5, 5.41) is 3.43. The Labute approximate surface area is 271 Å². The number of para-hydroxylation sites is 1. The fourth-order valence-corrected chi connectivity index (χ4v) is 6.66. The molecule has 0 spiro atoms. The average Bonchev–Trinajstić information content (AvgIpc) is 3.39. The molecule has 0 bridgehead atoms. The van der Waals surface area contributed by atoms with Gasteiger partial charge in [0.05, 0.1) is 29.3 Å². The van der Waals surface area contributed by atoms with Crippen LogP contribution in [0.25, 0.3) is 21.9 Å². The van der Waals surface area contributed by atoms with E-state index in [0.717, 1.165) is 41.6 Å². The number of aromatic nitrogens is 3. The summed E-state index contributed by atoms with van der Waals surface area (Å²) in [7, 11) is -4.34. The van der Waals surface area contributed by atoms with Gasteiger partial charge in [0.2, 0.25) is 0 Å². The third-order valence-corrected chi connectivity index (χ3v) is 8.90. The number of nitrogens with zero attached hydrogens (tertiary/aromatic N) is 3. The summed E-state index contributed by atoms with van der Waals surface area (Å²) < 4.78 is 78.0. The minimum absolute atomic E-state index is 0.117. The number of nitrogens with two attached hydrogens (primary N) is 1. The molecule has 4 aromatic rings. The van der Waals surface area contributed by atoms with Gasteiger partial charge in [-0.05, 0) is 70.9 Å². The fourth-order valence-electron chi connectivity index (χ4n) is 5.16. The van der Waals surface area contributed by atoms with Crippen molar-refractivity contribution in [1.82, 2.24) is 19.6 Å². The number of carbonyl (C=O) groups is 1. The third-order valence-electron chi connectivity index (χ3n) is 7.23. The molecule has 0 saturated heterocycles. The van der Waals surface area contributed by atoms with Crippen LogP contribution in [-0.2, 0) is 36.1 Å². The van der Waals surface area contributed by atoms with E-state index >= 15 is 0 Å². The summed E-state index contributed by atoms with van der Waals surface area (Å²) in [5.74, 6) is 0.0739. The number of nitrogens with one attached hydrogen (secondary N) is 1. The molecule has 0 radical (unpaired) electrons. The number of hydrogen-bond donors (Lipinski definition) is 2. The molecule has 3 atom stereocenters. The molecule has 0 fully saturated rings. The average molecular weight is 680 g/mol. The van der Waals surface area contributed by atoms with E-state index < -0.39 is 37.6 Å². The molecule has 2 aromatic carbocycles. The van der Waals surface area contributed by atoms with Crippen LogP contribution in [0.15, 0.2) is 48.5 Å². The Kier molecular flexibility index (Phi) is 11.9. The van der Waals surface area contributed by atoms with Crippen molar-refractivity contribution < 1.29 is 41.1 Å². The van der Waals surface area contributed by atoms with Crippen LogP contribution in [0.1, 0.15) is 71.3 Å². The molecule has 2 heterocycles. The topological polar surface area (TPSA) is 140 Å². The first-order valence-electron chi connectivity index (χ1n) is 15.5. The van der Waals surface area contributed by atoms with Crippen LogP contribution < -0.4 is 15.3 Å². The van der Waals surface area contributed by atoms with E-state index in [-0.39, 0.29) is 30.8 Å². The number of pyridine rings is 1. The van der Waals surface area contributed by atoms with Crippen molar-refractivity contribution in [3.63, 3.8) is 0 Å². The van der Waals surface area contributed by atoms with Gasteiger partial charge in [0.1, 0.15) is 29.7 Å². The lowest BCUT2D eigenvalue weighted by molar-refractivity contribution is -0.149. The van der Waals surface area contributed by atoms with Crippen LogP contribution in [0, 0.1) is 0 Å². The van der Waals surface area contributed by atoms with Crippen LogP contribution in [0.5, 0.6) is 5.75 Å². The highest BCUT2D eigenvalue weighted by atomic mass is 31.2. The number of carbonyl (C=O) groups excluding carboxylic acids is 1. The van der Waals surface area contributed by atoms with E-state index in [2.05, 4.69) is 14.6 Å². The molecule has 0 unspecified atom stereocenters. The maximum atomic E-state index is 14.1. The number of esters is 1. The second-order valence-corrected chi connectivity index (χ2v) is 13.0. The maximum Gasteiger partial charge on any atom is 0.459 e. The number of imidazole rings is 1. The first-order chi connectivity index (χ1) is 22.3. The van der Waals surface area contributed by atoms with E-state index in [4.69, 9.17) is 29.2 Å². The summed E-state index contributed by atoms with van der Waals surface area (Å²) in [6.45, 7) is 9.24. The summed E-state index contributed by atoms with van der Waals surface area (Å²) in [6.07, 6.45) is -3.22. The Hall–Kier alpha value is -3.71. The van der Waals surface area contributed by atoms with Crippen molar-refractivity contribution in [3.8, 4) is 5.75 Å². The number of anilines is 1. The van der Waals surface area contributed by atoms with Gasteiger partial charge in [0.25, 0.3) is 0 Å². The summed E-state index contributed by atoms with van der Waals surface area (Å²) in [6, 6.07) is 9.94.